The van der Waals surface area contributed by atoms with E-state index in [1.54, 1.807) is 29.2 Å². The first-order valence-electron chi connectivity index (χ1n) is 8.70. The van der Waals surface area contributed by atoms with Crippen LogP contribution >= 0.6 is 15.9 Å². The third-order valence-corrected chi connectivity index (χ3v) is 5.29. The normalized spacial score (nSPS) is 17.4. The highest BCUT2D eigenvalue weighted by Gasteiger charge is 2.24. The van der Waals surface area contributed by atoms with Gasteiger partial charge in [0, 0.05) is 43.3 Å². The summed E-state index contributed by atoms with van der Waals surface area (Å²) in [5.74, 6) is 0.964. The second-order valence-electron chi connectivity index (χ2n) is 6.42. The predicted octanol–water partition coefficient (Wildman–Crippen LogP) is 2.99. The minimum atomic E-state index is -0.363. The smallest absolute Gasteiger partial charge is 0.180 e. The summed E-state index contributed by atoms with van der Waals surface area (Å²) in [5, 5.41) is 6.82. The lowest BCUT2D eigenvalue weighted by Crippen LogP contribution is -2.38. The minimum Gasteiger partial charge on any atom is -0.370 e. The molecule has 0 amide bonds. The molecule has 4 aromatic heterocycles. The van der Waals surface area contributed by atoms with E-state index in [1.165, 1.54) is 6.07 Å². The first kappa shape index (κ1) is 17.3. The maximum absolute atomic E-state index is 13.8. The summed E-state index contributed by atoms with van der Waals surface area (Å²) in [5.41, 5.74) is 2.20. The Hall–Kier alpha value is -2.85. The lowest BCUT2D eigenvalue weighted by Gasteiger charge is -2.33. The van der Waals surface area contributed by atoms with Crippen LogP contribution in [0.2, 0.25) is 0 Å². The molecule has 0 saturated carbocycles. The molecule has 0 radical (unpaired) electrons. The van der Waals surface area contributed by atoms with Crippen molar-refractivity contribution in [2.75, 3.05) is 24.6 Å². The van der Waals surface area contributed by atoms with Crippen molar-refractivity contribution in [1.82, 2.24) is 29.5 Å². The molecule has 1 N–H and O–H groups in total. The van der Waals surface area contributed by atoms with Gasteiger partial charge in [-0.25, -0.2) is 19.3 Å². The maximum Gasteiger partial charge on any atom is 0.180 e. The topological polar surface area (TPSA) is 84.2 Å². The third kappa shape index (κ3) is 3.04. The molecule has 0 aliphatic carbocycles. The van der Waals surface area contributed by atoms with Crippen molar-refractivity contribution in [1.29, 1.82) is 0 Å². The molecule has 1 unspecified atom stereocenters. The number of fused-ring (bicyclic) bond motifs is 1. The van der Waals surface area contributed by atoms with Crippen molar-refractivity contribution in [3.05, 3.63) is 59.0 Å². The number of nitrogens with one attached hydrogen (secondary N) is 1. The molecule has 0 spiro atoms. The second-order valence-corrected chi connectivity index (χ2v) is 7.27. The molecule has 4 aromatic rings. The Kier molecular flexibility index (Phi) is 4.29. The standard InChI is InChI=1S/C18H15BrFN7O/c19-12-9-27-14(8-22-17(27)5-13(12)20)18-21-2-1-16(25-18)26-3-4-28-15(10-26)11-6-23-24-7-11/h1-2,5-9,15H,3-4,10H2,(H,23,24). The lowest BCUT2D eigenvalue weighted by molar-refractivity contribution is 0.0395. The van der Waals surface area contributed by atoms with Crippen LogP contribution in [0.25, 0.3) is 17.2 Å². The van der Waals surface area contributed by atoms with Crippen LogP contribution in [0.1, 0.15) is 11.7 Å². The van der Waals surface area contributed by atoms with Gasteiger partial charge in [0.15, 0.2) is 5.82 Å². The highest BCUT2D eigenvalue weighted by molar-refractivity contribution is 9.10. The first-order valence-corrected chi connectivity index (χ1v) is 9.49. The van der Waals surface area contributed by atoms with Gasteiger partial charge in [0.1, 0.15) is 29.1 Å². The molecule has 28 heavy (non-hydrogen) atoms. The number of H-pyrrole nitrogens is 1. The lowest BCUT2D eigenvalue weighted by atomic mass is 10.1. The van der Waals surface area contributed by atoms with E-state index in [0.29, 0.717) is 34.8 Å². The van der Waals surface area contributed by atoms with Crippen LogP contribution in [-0.4, -0.2) is 49.2 Å². The van der Waals surface area contributed by atoms with E-state index in [-0.39, 0.29) is 11.9 Å². The van der Waals surface area contributed by atoms with Crippen LogP contribution in [-0.2, 0) is 4.74 Å². The maximum atomic E-state index is 13.8. The van der Waals surface area contributed by atoms with Gasteiger partial charge in [0.2, 0.25) is 0 Å². The van der Waals surface area contributed by atoms with Gasteiger partial charge in [-0.1, -0.05) is 0 Å². The van der Waals surface area contributed by atoms with Gasteiger partial charge in [-0.05, 0) is 22.0 Å². The van der Waals surface area contributed by atoms with Crippen molar-refractivity contribution in [2.45, 2.75) is 6.10 Å². The largest absolute Gasteiger partial charge is 0.370 e. The highest BCUT2D eigenvalue weighted by atomic mass is 79.9. The number of aromatic amines is 1. The number of imidazole rings is 1. The number of pyridine rings is 1. The number of rotatable bonds is 3. The highest BCUT2D eigenvalue weighted by Crippen LogP contribution is 2.27. The number of hydrogen-bond donors (Lipinski definition) is 1. The number of anilines is 1. The van der Waals surface area contributed by atoms with E-state index >= 15 is 0 Å². The molecule has 142 valence electrons. The minimum absolute atomic E-state index is 0.0688. The fraction of sp³-hybridized carbons (Fsp3) is 0.222. The van der Waals surface area contributed by atoms with E-state index in [2.05, 4.69) is 41.0 Å². The Morgan fingerprint density at radius 1 is 1.29 bits per heavy atom. The Labute approximate surface area is 167 Å². The van der Waals surface area contributed by atoms with Crippen LogP contribution < -0.4 is 4.90 Å². The molecule has 1 saturated heterocycles. The summed E-state index contributed by atoms with van der Waals surface area (Å²) >= 11 is 3.22. The number of ether oxygens (including phenoxy) is 1. The zero-order chi connectivity index (χ0) is 19.1. The Balaban J connectivity index is 1.48. The molecule has 5 rings (SSSR count). The zero-order valence-corrected chi connectivity index (χ0v) is 16.2. The number of halogens is 2. The number of morpholine rings is 1. The molecule has 1 aliphatic rings. The van der Waals surface area contributed by atoms with Crippen LogP contribution in [0.15, 0.2) is 47.6 Å². The summed E-state index contributed by atoms with van der Waals surface area (Å²) in [6.07, 6.45) is 8.54. The number of aromatic nitrogens is 6. The molecule has 0 aromatic carbocycles. The van der Waals surface area contributed by atoms with Gasteiger partial charge in [0.05, 0.1) is 23.5 Å². The molecule has 0 bridgehead atoms. The fourth-order valence-electron chi connectivity index (χ4n) is 3.29. The Morgan fingerprint density at radius 3 is 3.07 bits per heavy atom. The molecule has 5 heterocycles. The van der Waals surface area contributed by atoms with Crippen molar-refractivity contribution in [2.24, 2.45) is 0 Å². The predicted molar refractivity (Wildman–Crippen MR) is 103 cm³/mol. The van der Waals surface area contributed by atoms with Gasteiger partial charge in [-0.2, -0.15) is 5.10 Å². The molecule has 1 atom stereocenters. The summed E-state index contributed by atoms with van der Waals surface area (Å²) in [7, 11) is 0. The molecular weight excluding hydrogens is 429 g/mol. The van der Waals surface area contributed by atoms with Crippen LogP contribution in [0, 0.1) is 5.82 Å². The van der Waals surface area contributed by atoms with Gasteiger partial charge in [-0.3, -0.25) is 9.50 Å². The summed E-state index contributed by atoms with van der Waals surface area (Å²) < 4.78 is 21.7. The van der Waals surface area contributed by atoms with E-state index in [0.717, 1.165) is 17.9 Å². The molecular formula is C18H15BrFN7O. The summed E-state index contributed by atoms with van der Waals surface area (Å²) in [4.78, 5) is 15.5. The van der Waals surface area contributed by atoms with Gasteiger partial charge in [-0.15, -0.1) is 0 Å². The van der Waals surface area contributed by atoms with E-state index in [4.69, 9.17) is 9.72 Å². The zero-order valence-electron chi connectivity index (χ0n) is 14.6. The van der Waals surface area contributed by atoms with Crippen molar-refractivity contribution in [3.63, 3.8) is 0 Å². The second kappa shape index (κ2) is 6.95. The average Bonchev–Trinajstić information content (AvgIpc) is 3.39. The van der Waals surface area contributed by atoms with Crippen molar-refractivity contribution < 1.29 is 9.13 Å². The quantitative estimate of drug-likeness (QED) is 0.523. The van der Waals surface area contributed by atoms with Crippen molar-refractivity contribution in [3.8, 4) is 11.5 Å². The molecule has 1 fully saturated rings. The third-order valence-electron chi connectivity index (χ3n) is 4.70. The Bertz CT molecular complexity index is 1130. The SMILES string of the molecule is Fc1cc2ncc(-c3nccc(N4CCOC(c5cn[nH]c5)C4)n3)n2cc1Br. The van der Waals surface area contributed by atoms with Gasteiger partial charge < -0.3 is 9.64 Å². The van der Waals surface area contributed by atoms with Gasteiger partial charge >= 0.3 is 0 Å². The van der Waals surface area contributed by atoms with Crippen LogP contribution in [0.5, 0.6) is 0 Å². The van der Waals surface area contributed by atoms with E-state index in [9.17, 15) is 4.39 Å². The number of nitrogens with zero attached hydrogens (tertiary/aromatic N) is 6. The fourth-order valence-corrected chi connectivity index (χ4v) is 3.60. The van der Waals surface area contributed by atoms with E-state index in [1.807, 2.05) is 12.3 Å². The molecule has 10 heteroatoms. The summed E-state index contributed by atoms with van der Waals surface area (Å²) in [6.45, 7) is 1.99. The Morgan fingerprint density at radius 2 is 2.21 bits per heavy atom. The van der Waals surface area contributed by atoms with Gasteiger partial charge in [0.25, 0.3) is 0 Å². The molecule has 8 nitrogen and oxygen atoms in total. The van der Waals surface area contributed by atoms with Crippen LogP contribution in [0.3, 0.4) is 0 Å². The van der Waals surface area contributed by atoms with Crippen LogP contribution in [0.4, 0.5) is 10.2 Å². The monoisotopic (exact) mass is 443 g/mol. The average molecular weight is 444 g/mol. The molecule has 1 aliphatic heterocycles. The van der Waals surface area contributed by atoms with Crippen molar-refractivity contribution >= 4 is 27.4 Å². The number of hydrogen-bond acceptors (Lipinski definition) is 6. The first-order chi connectivity index (χ1) is 13.7. The van der Waals surface area contributed by atoms with E-state index < -0.39 is 0 Å². The summed E-state index contributed by atoms with van der Waals surface area (Å²) in [6, 6.07) is 3.25.